The van der Waals surface area contributed by atoms with E-state index in [0.717, 1.165) is 17.4 Å². The number of hydrogen-bond acceptors (Lipinski definition) is 6. The Hall–Kier alpha value is -3.19. The Labute approximate surface area is 153 Å². The van der Waals surface area contributed by atoms with Crippen molar-refractivity contribution < 1.29 is 5.11 Å². The van der Waals surface area contributed by atoms with Gasteiger partial charge in [0.25, 0.3) is 0 Å². The van der Waals surface area contributed by atoms with Gasteiger partial charge in [-0.25, -0.2) is 4.98 Å². The summed E-state index contributed by atoms with van der Waals surface area (Å²) in [6, 6.07) is 12.8. The Bertz CT molecular complexity index is 1170. The number of phenols is 1. The summed E-state index contributed by atoms with van der Waals surface area (Å²) in [5.74, 6) is 5.66. The number of nitrogens with two attached hydrogens (primary N) is 1. The second-order valence-electron chi connectivity index (χ2n) is 5.68. The van der Waals surface area contributed by atoms with E-state index in [9.17, 15) is 5.11 Å². The number of halogens is 1. The van der Waals surface area contributed by atoms with Crippen LogP contribution in [0, 0.1) is 0 Å². The van der Waals surface area contributed by atoms with Crippen LogP contribution in [0.25, 0.3) is 22.1 Å². The van der Waals surface area contributed by atoms with Crippen molar-refractivity contribution in [1.82, 2.24) is 19.7 Å². The first-order chi connectivity index (χ1) is 12.7. The van der Waals surface area contributed by atoms with Gasteiger partial charge in [0.05, 0.1) is 10.5 Å². The number of hydrazone groups is 1. The third kappa shape index (κ3) is 2.36. The molecular formula is C18H15ClN6O. The van der Waals surface area contributed by atoms with Crippen LogP contribution >= 0.6 is 11.6 Å². The van der Waals surface area contributed by atoms with Crippen molar-refractivity contribution in [2.45, 2.75) is 13.5 Å². The van der Waals surface area contributed by atoms with Crippen molar-refractivity contribution >= 4 is 39.4 Å². The molecule has 0 aliphatic carbocycles. The highest BCUT2D eigenvalue weighted by molar-refractivity contribution is 6.33. The third-order valence-electron chi connectivity index (χ3n) is 4.27. The molecule has 0 saturated carbocycles. The molecule has 2 heterocycles. The number of benzene rings is 2. The minimum absolute atomic E-state index is 0.127. The summed E-state index contributed by atoms with van der Waals surface area (Å²) in [4.78, 5) is 4.63. The smallest absolute Gasteiger partial charge is 0.204 e. The Morgan fingerprint density at radius 1 is 1.19 bits per heavy atom. The lowest BCUT2D eigenvalue weighted by atomic mass is 10.1. The second-order valence-corrected chi connectivity index (χ2v) is 6.09. The predicted molar refractivity (Wildman–Crippen MR) is 101 cm³/mol. The Morgan fingerprint density at radius 3 is 2.77 bits per heavy atom. The highest BCUT2D eigenvalue weighted by atomic mass is 35.5. The normalized spacial score (nSPS) is 12.2. The molecule has 130 valence electrons. The number of para-hydroxylation sites is 2. The van der Waals surface area contributed by atoms with Crippen LogP contribution in [0.2, 0.25) is 5.02 Å². The quantitative estimate of drug-likeness (QED) is 0.329. The first kappa shape index (κ1) is 16.3. The van der Waals surface area contributed by atoms with E-state index in [2.05, 4.69) is 24.8 Å². The lowest BCUT2D eigenvalue weighted by Gasteiger charge is -2.08. The molecule has 0 unspecified atom stereocenters. The maximum Gasteiger partial charge on any atom is 0.204 e. The fraction of sp³-hybridized carbons (Fsp3) is 0.111. The van der Waals surface area contributed by atoms with Crippen LogP contribution in [-0.4, -0.2) is 30.6 Å². The summed E-state index contributed by atoms with van der Waals surface area (Å²) < 4.78 is 2.05. The lowest BCUT2D eigenvalue weighted by molar-refractivity contribution is 0.474. The van der Waals surface area contributed by atoms with Crippen molar-refractivity contribution in [3.05, 3.63) is 58.9 Å². The Kier molecular flexibility index (Phi) is 3.93. The topological polar surface area (TPSA) is 102 Å². The largest absolute Gasteiger partial charge is 0.506 e. The van der Waals surface area contributed by atoms with Crippen LogP contribution in [0.3, 0.4) is 0 Å². The number of nitrogens with zero attached hydrogens (tertiary/aromatic N) is 5. The van der Waals surface area contributed by atoms with Gasteiger partial charge < -0.3 is 15.5 Å². The standard InChI is InChI=1S/C18H15ClN6O/c1-2-25-13-9-4-3-6-10(13)15-18(25)21-17(24-23-15)14(22-20)11-7-5-8-12(19)16(11)26/h3-9,26H,2,20H2,1H3/b22-14+. The van der Waals surface area contributed by atoms with Crippen LogP contribution in [0.5, 0.6) is 5.75 Å². The van der Waals surface area contributed by atoms with E-state index in [1.54, 1.807) is 18.2 Å². The summed E-state index contributed by atoms with van der Waals surface area (Å²) in [5.41, 5.74) is 2.98. The number of aromatic hydroxyl groups is 1. The zero-order chi connectivity index (χ0) is 18.3. The van der Waals surface area contributed by atoms with E-state index < -0.39 is 0 Å². The van der Waals surface area contributed by atoms with Crippen LogP contribution in [0.1, 0.15) is 18.3 Å². The first-order valence-electron chi connectivity index (χ1n) is 8.03. The highest BCUT2D eigenvalue weighted by Crippen LogP contribution is 2.29. The Balaban J connectivity index is 1.97. The zero-order valence-corrected chi connectivity index (χ0v) is 14.6. The molecule has 0 saturated heterocycles. The number of aromatic nitrogens is 4. The number of aryl methyl sites for hydroxylation is 1. The summed E-state index contributed by atoms with van der Waals surface area (Å²) in [6.45, 7) is 2.76. The molecule has 2 aromatic heterocycles. The van der Waals surface area contributed by atoms with Crippen LogP contribution in [0.4, 0.5) is 0 Å². The number of fused-ring (bicyclic) bond motifs is 3. The summed E-state index contributed by atoms with van der Waals surface area (Å²) in [7, 11) is 0. The monoisotopic (exact) mass is 366 g/mol. The molecule has 0 spiro atoms. The van der Waals surface area contributed by atoms with E-state index >= 15 is 0 Å². The van der Waals surface area contributed by atoms with Crippen molar-refractivity contribution in [3.8, 4) is 5.75 Å². The minimum atomic E-state index is -0.127. The van der Waals surface area contributed by atoms with E-state index in [0.29, 0.717) is 16.7 Å². The van der Waals surface area contributed by atoms with E-state index in [4.69, 9.17) is 17.4 Å². The number of hydrogen-bond donors (Lipinski definition) is 2. The van der Waals surface area contributed by atoms with Gasteiger partial charge in [-0.3, -0.25) is 0 Å². The van der Waals surface area contributed by atoms with E-state index in [1.807, 2.05) is 31.2 Å². The minimum Gasteiger partial charge on any atom is -0.506 e. The molecule has 0 aliphatic heterocycles. The molecule has 0 atom stereocenters. The molecule has 4 rings (SSSR count). The predicted octanol–water partition coefficient (Wildman–Crippen LogP) is 3.07. The number of phenolic OH excluding ortho intramolecular Hbond substituents is 1. The highest BCUT2D eigenvalue weighted by Gasteiger charge is 2.20. The van der Waals surface area contributed by atoms with Crippen LogP contribution in [-0.2, 0) is 6.54 Å². The van der Waals surface area contributed by atoms with Crippen LogP contribution in [0.15, 0.2) is 47.6 Å². The van der Waals surface area contributed by atoms with Gasteiger partial charge in [0.1, 0.15) is 17.0 Å². The molecule has 4 aromatic rings. The van der Waals surface area contributed by atoms with Gasteiger partial charge >= 0.3 is 0 Å². The lowest BCUT2D eigenvalue weighted by Crippen LogP contribution is -2.13. The fourth-order valence-electron chi connectivity index (χ4n) is 3.08. The van der Waals surface area contributed by atoms with Gasteiger partial charge in [-0.15, -0.1) is 10.2 Å². The average molecular weight is 367 g/mol. The van der Waals surface area contributed by atoms with Gasteiger partial charge in [0, 0.05) is 17.5 Å². The maximum atomic E-state index is 10.2. The third-order valence-corrected chi connectivity index (χ3v) is 4.58. The fourth-order valence-corrected chi connectivity index (χ4v) is 3.25. The van der Waals surface area contributed by atoms with Crippen LogP contribution < -0.4 is 5.84 Å². The molecule has 2 aromatic carbocycles. The second kappa shape index (κ2) is 6.27. The van der Waals surface area contributed by atoms with Crippen molar-refractivity contribution in [3.63, 3.8) is 0 Å². The SMILES string of the molecule is CCn1c2ccccc2c2nnc(/C(=N/N)c3cccc(Cl)c3O)nc21. The maximum absolute atomic E-state index is 10.2. The Morgan fingerprint density at radius 2 is 2.00 bits per heavy atom. The molecule has 0 aliphatic rings. The molecule has 0 radical (unpaired) electrons. The van der Waals surface area contributed by atoms with Crippen molar-refractivity contribution in [1.29, 1.82) is 0 Å². The van der Waals surface area contributed by atoms with Crippen molar-refractivity contribution in [2.24, 2.45) is 10.9 Å². The molecule has 0 amide bonds. The molecule has 8 heteroatoms. The first-order valence-corrected chi connectivity index (χ1v) is 8.41. The molecular weight excluding hydrogens is 352 g/mol. The summed E-state index contributed by atoms with van der Waals surface area (Å²) in [6.07, 6.45) is 0. The average Bonchev–Trinajstić information content (AvgIpc) is 2.99. The molecule has 26 heavy (non-hydrogen) atoms. The van der Waals surface area contributed by atoms with Gasteiger partial charge in [0.15, 0.2) is 5.65 Å². The van der Waals surface area contributed by atoms with Crippen molar-refractivity contribution in [2.75, 3.05) is 0 Å². The summed E-state index contributed by atoms with van der Waals surface area (Å²) >= 11 is 5.99. The number of rotatable bonds is 3. The van der Waals surface area contributed by atoms with Gasteiger partial charge in [0.2, 0.25) is 5.82 Å². The molecule has 0 bridgehead atoms. The van der Waals surface area contributed by atoms with E-state index in [-0.39, 0.29) is 22.3 Å². The van der Waals surface area contributed by atoms with E-state index in [1.165, 1.54) is 0 Å². The van der Waals surface area contributed by atoms with Gasteiger partial charge in [-0.2, -0.15) is 5.10 Å². The summed E-state index contributed by atoms with van der Waals surface area (Å²) in [5, 5.41) is 23.7. The molecule has 0 fully saturated rings. The van der Waals surface area contributed by atoms with Gasteiger partial charge in [-0.1, -0.05) is 35.9 Å². The van der Waals surface area contributed by atoms with Gasteiger partial charge in [-0.05, 0) is 25.1 Å². The zero-order valence-electron chi connectivity index (χ0n) is 13.9. The molecule has 7 nitrogen and oxygen atoms in total. The molecule has 3 N–H and O–H groups in total.